The van der Waals surface area contributed by atoms with Gasteiger partial charge in [0.1, 0.15) is 0 Å². The fraction of sp³-hybridized carbons (Fsp3) is 1.00. The van der Waals surface area contributed by atoms with Gasteiger partial charge in [0.05, 0.1) is 0 Å². The second kappa shape index (κ2) is 5.86. The standard InChI is InChI=1S/C13H26N2/c1-14-9-6-3-7-13(14)8-12-15-10-4-2-5-11-15/h13H,2-12H2,1H3/t13-/m0/s1. The Hall–Kier alpha value is -0.0800. The third-order valence-electron chi connectivity index (χ3n) is 4.15. The molecule has 88 valence electrons. The van der Waals surface area contributed by atoms with Gasteiger partial charge in [-0.1, -0.05) is 12.8 Å². The maximum absolute atomic E-state index is 2.67. The van der Waals surface area contributed by atoms with Gasteiger partial charge in [-0.15, -0.1) is 0 Å². The molecule has 0 aromatic heterocycles. The molecule has 2 saturated heterocycles. The highest BCUT2D eigenvalue weighted by atomic mass is 15.2. The lowest BCUT2D eigenvalue weighted by atomic mass is 9.99. The number of nitrogens with zero attached hydrogens (tertiary/aromatic N) is 2. The molecule has 0 N–H and O–H groups in total. The fourth-order valence-electron chi connectivity index (χ4n) is 3.02. The SMILES string of the molecule is CN1CCCC[C@H]1CCN1CCCCC1. The third-order valence-corrected chi connectivity index (χ3v) is 4.15. The van der Waals surface area contributed by atoms with Crippen molar-refractivity contribution in [3.8, 4) is 0 Å². The van der Waals surface area contributed by atoms with Gasteiger partial charge in [0, 0.05) is 6.04 Å². The summed E-state index contributed by atoms with van der Waals surface area (Å²) >= 11 is 0. The highest BCUT2D eigenvalue weighted by molar-refractivity contribution is 4.76. The molecule has 1 atom stereocenters. The van der Waals surface area contributed by atoms with E-state index in [1.54, 1.807) is 0 Å². The van der Waals surface area contributed by atoms with Gasteiger partial charge < -0.3 is 9.80 Å². The van der Waals surface area contributed by atoms with Gasteiger partial charge in [-0.25, -0.2) is 0 Å². The van der Waals surface area contributed by atoms with Crippen molar-refractivity contribution in [1.29, 1.82) is 0 Å². The van der Waals surface area contributed by atoms with Gasteiger partial charge in [0.25, 0.3) is 0 Å². The average Bonchev–Trinajstić information content (AvgIpc) is 2.29. The maximum atomic E-state index is 2.67. The molecule has 2 nitrogen and oxygen atoms in total. The molecule has 15 heavy (non-hydrogen) atoms. The van der Waals surface area contributed by atoms with Crippen molar-refractivity contribution >= 4 is 0 Å². The Morgan fingerprint density at radius 1 is 0.933 bits per heavy atom. The molecule has 2 fully saturated rings. The van der Waals surface area contributed by atoms with Crippen LogP contribution >= 0.6 is 0 Å². The first-order valence-corrected chi connectivity index (χ1v) is 6.79. The molecular weight excluding hydrogens is 184 g/mol. The monoisotopic (exact) mass is 210 g/mol. The van der Waals surface area contributed by atoms with Crippen LogP contribution in [0.15, 0.2) is 0 Å². The molecular formula is C13H26N2. The number of hydrogen-bond donors (Lipinski definition) is 0. The first kappa shape index (κ1) is 11.4. The zero-order valence-corrected chi connectivity index (χ0v) is 10.2. The van der Waals surface area contributed by atoms with Crippen LogP contribution in [-0.4, -0.2) is 49.1 Å². The molecule has 0 saturated carbocycles. The lowest BCUT2D eigenvalue weighted by molar-refractivity contribution is 0.145. The van der Waals surface area contributed by atoms with E-state index >= 15 is 0 Å². The third kappa shape index (κ3) is 3.46. The van der Waals surface area contributed by atoms with Crippen LogP contribution in [0, 0.1) is 0 Å². The number of hydrogen-bond acceptors (Lipinski definition) is 2. The number of rotatable bonds is 3. The first-order chi connectivity index (χ1) is 7.36. The zero-order valence-electron chi connectivity index (χ0n) is 10.2. The van der Waals surface area contributed by atoms with Gasteiger partial charge in [-0.05, 0) is 65.3 Å². The van der Waals surface area contributed by atoms with Crippen LogP contribution in [0.25, 0.3) is 0 Å². The molecule has 2 aliphatic heterocycles. The average molecular weight is 210 g/mol. The van der Waals surface area contributed by atoms with E-state index in [4.69, 9.17) is 0 Å². The van der Waals surface area contributed by atoms with Crippen LogP contribution in [0.5, 0.6) is 0 Å². The molecule has 0 amide bonds. The number of likely N-dealkylation sites (tertiary alicyclic amines) is 2. The zero-order chi connectivity index (χ0) is 10.5. The largest absolute Gasteiger partial charge is 0.303 e. The second-order valence-electron chi connectivity index (χ2n) is 5.32. The summed E-state index contributed by atoms with van der Waals surface area (Å²) in [4.78, 5) is 5.25. The summed E-state index contributed by atoms with van der Waals surface area (Å²) in [5.74, 6) is 0. The Morgan fingerprint density at radius 3 is 2.40 bits per heavy atom. The summed E-state index contributed by atoms with van der Waals surface area (Å²) in [5.41, 5.74) is 0. The van der Waals surface area contributed by atoms with Crippen LogP contribution < -0.4 is 0 Å². The summed E-state index contributed by atoms with van der Waals surface area (Å²) in [6.07, 6.45) is 10.0. The topological polar surface area (TPSA) is 6.48 Å². The van der Waals surface area contributed by atoms with Crippen molar-refractivity contribution in [2.24, 2.45) is 0 Å². The molecule has 0 spiro atoms. The Labute approximate surface area is 94.6 Å². The van der Waals surface area contributed by atoms with Gasteiger partial charge in [-0.2, -0.15) is 0 Å². The molecule has 2 heteroatoms. The summed E-state index contributed by atoms with van der Waals surface area (Å²) in [6, 6.07) is 0.876. The molecule has 0 bridgehead atoms. The molecule has 0 aromatic carbocycles. The summed E-state index contributed by atoms with van der Waals surface area (Å²) < 4.78 is 0. The first-order valence-electron chi connectivity index (χ1n) is 6.79. The highest BCUT2D eigenvalue weighted by Crippen LogP contribution is 2.19. The van der Waals surface area contributed by atoms with Crippen molar-refractivity contribution in [2.75, 3.05) is 33.2 Å². The number of piperidine rings is 2. The van der Waals surface area contributed by atoms with Gasteiger partial charge in [-0.3, -0.25) is 0 Å². The second-order valence-corrected chi connectivity index (χ2v) is 5.32. The van der Waals surface area contributed by atoms with Crippen molar-refractivity contribution in [3.05, 3.63) is 0 Å². The quantitative estimate of drug-likeness (QED) is 0.705. The summed E-state index contributed by atoms with van der Waals surface area (Å²) in [6.45, 7) is 5.38. The minimum atomic E-state index is 0.876. The molecule has 0 unspecified atom stereocenters. The van der Waals surface area contributed by atoms with Crippen LogP contribution in [0.4, 0.5) is 0 Å². The van der Waals surface area contributed by atoms with Gasteiger partial charge in [0.15, 0.2) is 0 Å². The predicted octanol–water partition coefficient (Wildman–Crippen LogP) is 2.35. The Balaban J connectivity index is 1.67. The van der Waals surface area contributed by atoms with E-state index in [-0.39, 0.29) is 0 Å². The van der Waals surface area contributed by atoms with Gasteiger partial charge >= 0.3 is 0 Å². The van der Waals surface area contributed by atoms with E-state index in [1.165, 1.54) is 71.1 Å². The molecule has 2 heterocycles. The van der Waals surface area contributed by atoms with E-state index in [2.05, 4.69) is 16.8 Å². The maximum Gasteiger partial charge on any atom is 0.0104 e. The van der Waals surface area contributed by atoms with Crippen molar-refractivity contribution < 1.29 is 0 Å². The highest BCUT2D eigenvalue weighted by Gasteiger charge is 2.19. The van der Waals surface area contributed by atoms with Crippen LogP contribution in [0.3, 0.4) is 0 Å². The van der Waals surface area contributed by atoms with E-state index in [0.717, 1.165) is 6.04 Å². The molecule has 0 aromatic rings. The van der Waals surface area contributed by atoms with E-state index in [1.807, 2.05) is 0 Å². The lowest BCUT2D eigenvalue weighted by Gasteiger charge is -2.35. The fourth-order valence-corrected chi connectivity index (χ4v) is 3.02. The summed E-state index contributed by atoms with van der Waals surface area (Å²) in [5, 5.41) is 0. The molecule has 0 aliphatic carbocycles. The minimum Gasteiger partial charge on any atom is -0.303 e. The van der Waals surface area contributed by atoms with E-state index < -0.39 is 0 Å². The summed E-state index contributed by atoms with van der Waals surface area (Å²) in [7, 11) is 2.31. The van der Waals surface area contributed by atoms with Crippen LogP contribution in [-0.2, 0) is 0 Å². The predicted molar refractivity (Wildman–Crippen MR) is 65.2 cm³/mol. The minimum absolute atomic E-state index is 0.876. The molecule has 2 rings (SSSR count). The smallest absolute Gasteiger partial charge is 0.0104 e. The Morgan fingerprint density at radius 2 is 1.67 bits per heavy atom. The van der Waals surface area contributed by atoms with E-state index in [9.17, 15) is 0 Å². The van der Waals surface area contributed by atoms with Gasteiger partial charge in [0.2, 0.25) is 0 Å². The lowest BCUT2D eigenvalue weighted by Crippen LogP contribution is -2.40. The Kier molecular flexibility index (Phi) is 4.45. The van der Waals surface area contributed by atoms with Crippen molar-refractivity contribution in [1.82, 2.24) is 9.80 Å². The molecule has 2 aliphatic rings. The van der Waals surface area contributed by atoms with Crippen LogP contribution in [0.2, 0.25) is 0 Å². The Bertz CT molecular complexity index is 175. The van der Waals surface area contributed by atoms with Crippen LogP contribution in [0.1, 0.15) is 44.9 Å². The van der Waals surface area contributed by atoms with E-state index in [0.29, 0.717) is 0 Å². The molecule has 0 radical (unpaired) electrons. The normalized spacial score (nSPS) is 30.6. The van der Waals surface area contributed by atoms with Crippen molar-refractivity contribution in [2.45, 2.75) is 51.0 Å². The van der Waals surface area contributed by atoms with Crippen molar-refractivity contribution in [3.63, 3.8) is 0 Å².